The number of oxazole rings is 1. The summed E-state index contributed by atoms with van der Waals surface area (Å²) >= 11 is 0. The summed E-state index contributed by atoms with van der Waals surface area (Å²) < 4.78 is 5.16. The van der Waals surface area contributed by atoms with Gasteiger partial charge in [0, 0.05) is 6.54 Å². The molecule has 1 N–H and O–H groups in total. The summed E-state index contributed by atoms with van der Waals surface area (Å²) in [6.45, 7) is 2.51. The fourth-order valence-electron chi connectivity index (χ4n) is 3.21. The molecule has 0 radical (unpaired) electrons. The van der Waals surface area contributed by atoms with Gasteiger partial charge in [0.2, 0.25) is 0 Å². The first-order valence-electron chi connectivity index (χ1n) is 8.03. The molecule has 0 spiro atoms. The van der Waals surface area contributed by atoms with Crippen LogP contribution in [0.15, 0.2) is 41.1 Å². The summed E-state index contributed by atoms with van der Waals surface area (Å²) in [4.78, 5) is 18.6. The highest BCUT2D eigenvalue weighted by Crippen LogP contribution is 2.31. The second kappa shape index (κ2) is 6.54. The van der Waals surface area contributed by atoms with Crippen LogP contribution in [0.3, 0.4) is 0 Å². The molecular weight excluding hydrogens is 292 g/mol. The Kier molecular flexibility index (Phi) is 4.48. The number of aliphatic hydroxyl groups is 1. The van der Waals surface area contributed by atoms with Gasteiger partial charge in [-0.3, -0.25) is 4.79 Å². The number of carbonyl (C=O) groups excluding carboxylic acids is 1. The SMILES string of the molecule is Cc1ocnc1C(=O)N(Cc1ccccc1)CC1(O)CCCC1. The minimum atomic E-state index is -0.790. The zero-order valence-electron chi connectivity index (χ0n) is 13.4. The number of aromatic nitrogens is 1. The van der Waals surface area contributed by atoms with Gasteiger partial charge in [-0.05, 0) is 25.3 Å². The lowest BCUT2D eigenvalue weighted by Crippen LogP contribution is -2.44. The van der Waals surface area contributed by atoms with Crippen LogP contribution in [-0.4, -0.2) is 33.0 Å². The summed E-state index contributed by atoms with van der Waals surface area (Å²) in [6.07, 6.45) is 4.78. The van der Waals surface area contributed by atoms with Gasteiger partial charge in [0.15, 0.2) is 12.1 Å². The van der Waals surface area contributed by atoms with E-state index in [0.717, 1.165) is 31.2 Å². The van der Waals surface area contributed by atoms with E-state index < -0.39 is 5.60 Å². The predicted molar refractivity (Wildman–Crippen MR) is 85.8 cm³/mol. The fourth-order valence-corrected chi connectivity index (χ4v) is 3.21. The highest BCUT2D eigenvalue weighted by atomic mass is 16.3. The molecule has 1 aromatic carbocycles. The van der Waals surface area contributed by atoms with Crippen molar-refractivity contribution in [3.63, 3.8) is 0 Å². The molecule has 5 nitrogen and oxygen atoms in total. The van der Waals surface area contributed by atoms with Crippen LogP contribution >= 0.6 is 0 Å². The van der Waals surface area contributed by atoms with Crippen LogP contribution < -0.4 is 0 Å². The van der Waals surface area contributed by atoms with Crippen LogP contribution in [0.1, 0.15) is 47.5 Å². The highest BCUT2D eigenvalue weighted by Gasteiger charge is 2.35. The molecule has 0 atom stereocenters. The third-order valence-electron chi connectivity index (χ3n) is 4.47. The summed E-state index contributed by atoms with van der Waals surface area (Å²) in [6, 6.07) is 9.80. The maximum atomic E-state index is 12.9. The van der Waals surface area contributed by atoms with E-state index in [0.29, 0.717) is 24.5 Å². The van der Waals surface area contributed by atoms with Gasteiger partial charge >= 0.3 is 0 Å². The normalized spacial score (nSPS) is 16.4. The first-order chi connectivity index (χ1) is 11.1. The highest BCUT2D eigenvalue weighted by molar-refractivity contribution is 5.93. The number of rotatable bonds is 5. The topological polar surface area (TPSA) is 66.6 Å². The van der Waals surface area contributed by atoms with E-state index in [4.69, 9.17) is 4.42 Å². The van der Waals surface area contributed by atoms with E-state index in [1.54, 1.807) is 11.8 Å². The lowest BCUT2D eigenvalue weighted by Gasteiger charge is -2.31. The molecule has 1 saturated carbocycles. The maximum absolute atomic E-state index is 12.9. The van der Waals surface area contributed by atoms with Gasteiger partial charge in [-0.25, -0.2) is 4.98 Å². The van der Waals surface area contributed by atoms with Crippen molar-refractivity contribution in [2.45, 2.75) is 44.8 Å². The second-order valence-corrected chi connectivity index (χ2v) is 6.34. The third-order valence-corrected chi connectivity index (χ3v) is 4.47. The Bertz CT molecular complexity index is 660. The molecule has 1 aromatic heterocycles. The van der Waals surface area contributed by atoms with Gasteiger partial charge < -0.3 is 14.4 Å². The Labute approximate surface area is 135 Å². The largest absolute Gasteiger partial charge is 0.448 e. The van der Waals surface area contributed by atoms with Gasteiger partial charge in [-0.2, -0.15) is 0 Å². The Hall–Kier alpha value is -2.14. The van der Waals surface area contributed by atoms with E-state index in [9.17, 15) is 9.90 Å². The van der Waals surface area contributed by atoms with Crippen molar-refractivity contribution in [2.75, 3.05) is 6.54 Å². The van der Waals surface area contributed by atoms with Gasteiger partial charge in [0.1, 0.15) is 5.76 Å². The van der Waals surface area contributed by atoms with E-state index in [1.807, 2.05) is 30.3 Å². The quantitative estimate of drug-likeness (QED) is 0.921. The van der Waals surface area contributed by atoms with Crippen LogP contribution in [0.4, 0.5) is 0 Å². The molecule has 1 aliphatic rings. The predicted octanol–water partition coefficient (Wildman–Crippen LogP) is 2.93. The van der Waals surface area contributed by atoms with E-state index >= 15 is 0 Å². The smallest absolute Gasteiger partial charge is 0.276 e. The first kappa shape index (κ1) is 15.7. The van der Waals surface area contributed by atoms with E-state index in [-0.39, 0.29) is 5.91 Å². The van der Waals surface area contributed by atoms with Crippen LogP contribution in [0.25, 0.3) is 0 Å². The fraction of sp³-hybridized carbons (Fsp3) is 0.444. The number of benzene rings is 1. The van der Waals surface area contributed by atoms with Crippen molar-refractivity contribution in [1.82, 2.24) is 9.88 Å². The van der Waals surface area contributed by atoms with E-state index in [1.165, 1.54) is 6.39 Å². The zero-order valence-corrected chi connectivity index (χ0v) is 13.4. The van der Waals surface area contributed by atoms with Crippen LogP contribution in [0.2, 0.25) is 0 Å². The minimum Gasteiger partial charge on any atom is -0.448 e. The number of hydrogen-bond acceptors (Lipinski definition) is 4. The van der Waals surface area contributed by atoms with Crippen molar-refractivity contribution in [1.29, 1.82) is 0 Å². The number of amides is 1. The molecule has 5 heteroatoms. The molecule has 1 aliphatic carbocycles. The van der Waals surface area contributed by atoms with Crippen LogP contribution in [-0.2, 0) is 6.54 Å². The molecule has 3 rings (SSSR count). The number of hydrogen-bond donors (Lipinski definition) is 1. The molecule has 0 saturated heterocycles. The molecular formula is C18H22N2O3. The summed E-state index contributed by atoms with van der Waals surface area (Å²) in [5, 5.41) is 10.7. The van der Waals surface area contributed by atoms with Crippen LogP contribution in [0, 0.1) is 6.92 Å². The Balaban J connectivity index is 1.83. The lowest BCUT2D eigenvalue weighted by atomic mass is 10.0. The van der Waals surface area contributed by atoms with Gasteiger partial charge in [0.05, 0.1) is 12.1 Å². The molecule has 0 aliphatic heterocycles. The van der Waals surface area contributed by atoms with Gasteiger partial charge in [-0.1, -0.05) is 43.2 Å². The van der Waals surface area contributed by atoms with Gasteiger partial charge in [-0.15, -0.1) is 0 Å². The van der Waals surface area contributed by atoms with Crippen LogP contribution in [0.5, 0.6) is 0 Å². The summed E-state index contributed by atoms with van der Waals surface area (Å²) in [5.74, 6) is 0.312. The van der Waals surface area contributed by atoms with E-state index in [2.05, 4.69) is 4.98 Å². The second-order valence-electron chi connectivity index (χ2n) is 6.34. The zero-order chi connectivity index (χ0) is 16.3. The third kappa shape index (κ3) is 3.62. The maximum Gasteiger partial charge on any atom is 0.276 e. The Morgan fingerprint density at radius 2 is 2.00 bits per heavy atom. The van der Waals surface area contributed by atoms with Gasteiger partial charge in [0.25, 0.3) is 5.91 Å². The monoisotopic (exact) mass is 314 g/mol. The molecule has 1 fully saturated rings. The average Bonchev–Trinajstić information content (AvgIpc) is 3.16. The van der Waals surface area contributed by atoms with Crippen molar-refractivity contribution in [3.05, 3.63) is 53.7 Å². The molecule has 23 heavy (non-hydrogen) atoms. The Morgan fingerprint density at radius 3 is 2.61 bits per heavy atom. The number of carbonyl (C=O) groups is 1. The molecule has 1 heterocycles. The standard InChI is InChI=1S/C18H22N2O3/c1-14-16(19-13-23-14)17(21)20(11-15-7-3-2-4-8-15)12-18(22)9-5-6-10-18/h2-4,7-8,13,22H,5-6,9-12H2,1H3. The summed E-state index contributed by atoms with van der Waals surface area (Å²) in [7, 11) is 0. The molecule has 2 aromatic rings. The number of nitrogens with zero attached hydrogens (tertiary/aromatic N) is 2. The molecule has 0 unspecified atom stereocenters. The first-order valence-corrected chi connectivity index (χ1v) is 8.03. The molecule has 1 amide bonds. The molecule has 0 bridgehead atoms. The average molecular weight is 314 g/mol. The lowest BCUT2D eigenvalue weighted by molar-refractivity contribution is 0.00759. The molecule has 122 valence electrons. The summed E-state index contributed by atoms with van der Waals surface area (Å²) in [5.41, 5.74) is 0.563. The Morgan fingerprint density at radius 1 is 1.30 bits per heavy atom. The van der Waals surface area contributed by atoms with Crippen molar-refractivity contribution in [2.24, 2.45) is 0 Å². The minimum absolute atomic E-state index is 0.194. The van der Waals surface area contributed by atoms with Crippen molar-refractivity contribution in [3.8, 4) is 0 Å². The van der Waals surface area contributed by atoms with Crippen molar-refractivity contribution < 1.29 is 14.3 Å². The van der Waals surface area contributed by atoms with Crippen molar-refractivity contribution >= 4 is 5.91 Å². The number of aryl methyl sites for hydroxylation is 1.